The molecule has 4 aliphatic carbocycles. The second-order valence-electron chi connectivity index (χ2n) is 8.68. The van der Waals surface area contributed by atoms with Crippen molar-refractivity contribution in [3.63, 3.8) is 0 Å². The molecule has 4 aliphatic rings. The minimum Gasteiger partial charge on any atom is -0.393 e. The van der Waals surface area contributed by atoms with Gasteiger partial charge in [-0.05, 0) is 68.1 Å². The summed E-state index contributed by atoms with van der Waals surface area (Å²) in [6.07, 6.45) is 9.63. The number of hydrogen-bond donors (Lipinski definition) is 1. The topological polar surface area (TPSA) is 37.3 Å². The van der Waals surface area contributed by atoms with Crippen LogP contribution in [0.5, 0.6) is 0 Å². The first-order chi connectivity index (χ1) is 10.4. The predicted octanol–water partition coefficient (Wildman–Crippen LogP) is 4.25. The normalized spacial score (nSPS) is 54.3. The second-order valence-corrected chi connectivity index (χ2v) is 9.78. The molecule has 0 amide bonds. The van der Waals surface area contributed by atoms with Crippen LogP contribution in [0.2, 0.25) is 0 Å². The Balaban J connectivity index is 1.70. The van der Waals surface area contributed by atoms with Crippen LogP contribution < -0.4 is 0 Å². The third kappa shape index (κ3) is 1.90. The maximum Gasteiger partial charge on any atom is 0.152 e. The molecule has 0 aliphatic heterocycles. The Bertz CT molecular complexity index is 542. The number of aliphatic hydroxyl groups is 1. The molecule has 0 aromatic heterocycles. The lowest BCUT2D eigenvalue weighted by Gasteiger charge is -2.56. The molecule has 0 aromatic rings. The van der Waals surface area contributed by atoms with Gasteiger partial charge in [0, 0.05) is 5.41 Å². The molecule has 3 saturated carbocycles. The molecule has 3 heteroatoms. The first kappa shape index (κ1) is 15.4. The summed E-state index contributed by atoms with van der Waals surface area (Å²) in [5.41, 5.74) is 1.69. The van der Waals surface area contributed by atoms with Gasteiger partial charge in [-0.1, -0.05) is 41.4 Å². The standard InChI is InChI=1S/C19H27BrO2/c1-18-7-5-12(21)9-11(18)3-4-13-14(18)6-8-19(2)15(13)10-16(20)17(19)22/h3,12-16,21H,4-10H2,1-2H3/t12-,13?,14?,15?,16+,18?,19?/m0/s1. The number of halogens is 1. The molecule has 0 aromatic carbocycles. The number of aliphatic hydroxyl groups excluding tert-OH is 1. The van der Waals surface area contributed by atoms with Crippen molar-refractivity contribution in [3.8, 4) is 0 Å². The van der Waals surface area contributed by atoms with Crippen molar-refractivity contribution in [2.24, 2.45) is 28.6 Å². The van der Waals surface area contributed by atoms with Gasteiger partial charge in [0.2, 0.25) is 0 Å². The third-order valence-corrected chi connectivity index (χ3v) is 8.57. The lowest BCUT2D eigenvalue weighted by molar-refractivity contribution is -0.131. The smallest absolute Gasteiger partial charge is 0.152 e. The number of carbonyl (C=O) groups is 1. The minimum atomic E-state index is -0.135. The van der Waals surface area contributed by atoms with Gasteiger partial charge < -0.3 is 5.11 Å². The van der Waals surface area contributed by atoms with Crippen LogP contribution in [0.1, 0.15) is 58.8 Å². The Kier molecular flexibility index (Phi) is 3.44. The highest BCUT2D eigenvalue weighted by Crippen LogP contribution is 2.64. The van der Waals surface area contributed by atoms with Crippen molar-refractivity contribution in [1.82, 2.24) is 0 Å². The maximum absolute atomic E-state index is 12.6. The Morgan fingerprint density at radius 1 is 1.18 bits per heavy atom. The molecule has 122 valence electrons. The summed E-state index contributed by atoms with van der Waals surface area (Å²) < 4.78 is 0. The van der Waals surface area contributed by atoms with E-state index in [1.807, 2.05) is 0 Å². The summed E-state index contributed by atoms with van der Waals surface area (Å²) in [4.78, 5) is 12.7. The molecular formula is C19H27BrO2. The van der Waals surface area contributed by atoms with Crippen LogP contribution in [0.25, 0.3) is 0 Å². The van der Waals surface area contributed by atoms with Gasteiger partial charge in [0.25, 0.3) is 0 Å². The van der Waals surface area contributed by atoms with Crippen molar-refractivity contribution in [2.45, 2.75) is 69.7 Å². The van der Waals surface area contributed by atoms with E-state index >= 15 is 0 Å². The zero-order chi connectivity index (χ0) is 15.7. The molecule has 5 unspecified atom stereocenters. The van der Waals surface area contributed by atoms with E-state index in [1.54, 1.807) is 0 Å². The predicted molar refractivity (Wildman–Crippen MR) is 90.8 cm³/mol. The van der Waals surface area contributed by atoms with Crippen LogP contribution in [0, 0.1) is 28.6 Å². The maximum atomic E-state index is 12.6. The number of rotatable bonds is 0. The molecule has 7 atom stereocenters. The van der Waals surface area contributed by atoms with Gasteiger partial charge >= 0.3 is 0 Å². The van der Waals surface area contributed by atoms with E-state index in [2.05, 4.69) is 35.9 Å². The SMILES string of the molecule is CC12CCC3C(CC=C4C[C@@H](O)CCC43C)C1C[C@@H](Br)C2=O. The Morgan fingerprint density at radius 2 is 1.91 bits per heavy atom. The lowest BCUT2D eigenvalue weighted by Crippen LogP contribution is -2.50. The summed E-state index contributed by atoms with van der Waals surface area (Å²) in [6, 6.07) is 0. The van der Waals surface area contributed by atoms with Crippen LogP contribution in [0.4, 0.5) is 0 Å². The summed E-state index contributed by atoms with van der Waals surface area (Å²) >= 11 is 3.64. The number of Topliss-reactive ketones (excluding diaryl/α,β-unsaturated/α-hetero) is 1. The molecule has 2 nitrogen and oxygen atoms in total. The number of fused-ring (bicyclic) bond motifs is 5. The number of allylic oxidation sites excluding steroid dienone is 1. The van der Waals surface area contributed by atoms with E-state index in [-0.39, 0.29) is 21.8 Å². The number of hydrogen-bond acceptors (Lipinski definition) is 2. The Morgan fingerprint density at radius 3 is 2.68 bits per heavy atom. The summed E-state index contributed by atoms with van der Waals surface area (Å²) in [7, 11) is 0. The summed E-state index contributed by atoms with van der Waals surface area (Å²) in [6.45, 7) is 4.66. The molecule has 0 bridgehead atoms. The van der Waals surface area contributed by atoms with Gasteiger partial charge in [-0.25, -0.2) is 0 Å². The van der Waals surface area contributed by atoms with Gasteiger partial charge in [-0.3, -0.25) is 4.79 Å². The van der Waals surface area contributed by atoms with Gasteiger partial charge in [-0.15, -0.1) is 0 Å². The second kappa shape index (κ2) is 4.92. The van der Waals surface area contributed by atoms with E-state index < -0.39 is 0 Å². The van der Waals surface area contributed by atoms with Crippen LogP contribution in [0.15, 0.2) is 11.6 Å². The molecule has 3 fully saturated rings. The van der Waals surface area contributed by atoms with E-state index in [4.69, 9.17) is 0 Å². The van der Waals surface area contributed by atoms with Gasteiger partial charge in [0.05, 0.1) is 10.9 Å². The lowest BCUT2D eigenvalue weighted by atomic mass is 9.48. The van der Waals surface area contributed by atoms with Crippen molar-refractivity contribution < 1.29 is 9.90 Å². The van der Waals surface area contributed by atoms with E-state index in [0.29, 0.717) is 23.5 Å². The average molecular weight is 367 g/mol. The van der Waals surface area contributed by atoms with Crippen molar-refractivity contribution >= 4 is 21.7 Å². The highest BCUT2D eigenvalue weighted by atomic mass is 79.9. The van der Waals surface area contributed by atoms with Crippen LogP contribution in [-0.2, 0) is 4.79 Å². The molecule has 0 heterocycles. The highest BCUT2D eigenvalue weighted by molar-refractivity contribution is 9.10. The van der Waals surface area contributed by atoms with E-state index in [0.717, 1.165) is 38.5 Å². The van der Waals surface area contributed by atoms with Crippen LogP contribution >= 0.6 is 15.9 Å². The molecule has 0 spiro atoms. The fourth-order valence-corrected chi connectivity index (χ4v) is 7.32. The zero-order valence-electron chi connectivity index (χ0n) is 13.6. The van der Waals surface area contributed by atoms with Crippen molar-refractivity contribution in [1.29, 1.82) is 0 Å². The fourth-order valence-electron chi connectivity index (χ4n) is 6.39. The molecule has 0 saturated heterocycles. The monoisotopic (exact) mass is 366 g/mol. The first-order valence-corrected chi connectivity index (χ1v) is 9.84. The number of alkyl halides is 1. The molecule has 1 N–H and O–H groups in total. The van der Waals surface area contributed by atoms with E-state index in [9.17, 15) is 9.90 Å². The minimum absolute atomic E-state index is 0.0765. The Hall–Kier alpha value is -0.150. The van der Waals surface area contributed by atoms with Crippen LogP contribution in [-0.4, -0.2) is 21.8 Å². The van der Waals surface area contributed by atoms with E-state index in [1.165, 1.54) is 12.0 Å². The van der Waals surface area contributed by atoms with Crippen molar-refractivity contribution in [2.75, 3.05) is 0 Å². The number of carbonyl (C=O) groups excluding carboxylic acids is 1. The quantitative estimate of drug-likeness (QED) is 0.513. The van der Waals surface area contributed by atoms with Gasteiger partial charge in [0.1, 0.15) is 0 Å². The van der Waals surface area contributed by atoms with Gasteiger partial charge in [0.15, 0.2) is 5.78 Å². The summed E-state index contributed by atoms with van der Waals surface area (Å²) in [5.74, 6) is 2.37. The molecule has 22 heavy (non-hydrogen) atoms. The highest BCUT2D eigenvalue weighted by Gasteiger charge is 2.60. The zero-order valence-corrected chi connectivity index (χ0v) is 15.2. The average Bonchev–Trinajstić information content (AvgIpc) is 2.72. The Labute approximate surface area is 141 Å². The largest absolute Gasteiger partial charge is 0.393 e. The fraction of sp³-hybridized carbons (Fsp3) is 0.842. The molecule has 4 rings (SSSR count). The van der Waals surface area contributed by atoms with Crippen LogP contribution in [0.3, 0.4) is 0 Å². The van der Waals surface area contributed by atoms with Crippen molar-refractivity contribution in [3.05, 3.63) is 11.6 Å². The molecule has 0 radical (unpaired) electrons. The van der Waals surface area contributed by atoms with Gasteiger partial charge in [-0.2, -0.15) is 0 Å². The number of ketones is 1. The first-order valence-electron chi connectivity index (χ1n) is 8.92. The summed E-state index contributed by atoms with van der Waals surface area (Å²) in [5, 5.41) is 10.0. The third-order valence-electron chi connectivity index (χ3n) is 7.78. The molecular weight excluding hydrogens is 340 g/mol.